The molecule has 2 rings (SSSR count). The van der Waals surface area contributed by atoms with Crippen molar-refractivity contribution in [2.24, 2.45) is 0 Å². The minimum atomic E-state index is -0.412. The first-order chi connectivity index (χ1) is 10.6. The Hall–Kier alpha value is -2.18. The van der Waals surface area contributed by atoms with E-state index in [-0.39, 0.29) is 5.76 Å². The average Bonchev–Trinajstić information content (AvgIpc) is 2.97. The summed E-state index contributed by atoms with van der Waals surface area (Å²) in [5.74, 6) is 1.17. The zero-order valence-corrected chi connectivity index (χ0v) is 13.2. The van der Waals surface area contributed by atoms with E-state index >= 15 is 0 Å². The molecule has 1 aromatic carbocycles. The normalized spacial score (nSPS) is 10.4. The van der Waals surface area contributed by atoms with Crippen LogP contribution >= 0.6 is 11.6 Å². The number of amides is 1. The van der Waals surface area contributed by atoms with Crippen molar-refractivity contribution in [3.63, 3.8) is 0 Å². The number of benzene rings is 1. The van der Waals surface area contributed by atoms with Crippen molar-refractivity contribution in [2.75, 3.05) is 26.6 Å². The van der Waals surface area contributed by atoms with Gasteiger partial charge in [-0.15, -0.1) is 0 Å². The maximum atomic E-state index is 12.2. The second kappa shape index (κ2) is 7.20. The summed E-state index contributed by atoms with van der Waals surface area (Å²) in [6, 6.07) is 6.40. The number of hydrogen-bond donors (Lipinski definition) is 1. The van der Waals surface area contributed by atoms with Gasteiger partial charge in [0, 0.05) is 19.2 Å². The lowest BCUT2D eigenvalue weighted by molar-refractivity contribution is 0.0987. The lowest BCUT2D eigenvalue weighted by atomic mass is 10.2. The summed E-state index contributed by atoms with van der Waals surface area (Å²) in [6.45, 7) is 0.297. The van der Waals surface area contributed by atoms with Crippen LogP contribution in [0.1, 0.15) is 16.3 Å². The topological polar surface area (TPSA) is 69.9 Å². The van der Waals surface area contributed by atoms with Crippen molar-refractivity contribution in [3.05, 3.63) is 40.8 Å². The summed E-state index contributed by atoms with van der Waals surface area (Å²) in [4.78, 5) is 12.2. The number of halogens is 1. The maximum absolute atomic E-state index is 12.2. The minimum absolute atomic E-state index is 0.169. The van der Waals surface area contributed by atoms with Gasteiger partial charge in [-0.05, 0) is 12.1 Å². The van der Waals surface area contributed by atoms with E-state index in [1.54, 1.807) is 31.4 Å². The molecular formula is C15H16ClNO5. The average molecular weight is 326 g/mol. The van der Waals surface area contributed by atoms with E-state index in [9.17, 15) is 4.79 Å². The molecule has 0 spiro atoms. The van der Waals surface area contributed by atoms with Crippen LogP contribution in [0.2, 0.25) is 5.02 Å². The Kier molecular flexibility index (Phi) is 5.30. The first-order valence-electron chi connectivity index (χ1n) is 6.39. The van der Waals surface area contributed by atoms with Crippen molar-refractivity contribution in [3.8, 4) is 11.5 Å². The fraction of sp³-hybridized carbons (Fsp3) is 0.267. The van der Waals surface area contributed by atoms with Gasteiger partial charge >= 0.3 is 0 Å². The molecule has 1 aromatic heterocycles. The molecule has 0 saturated heterocycles. The molecule has 22 heavy (non-hydrogen) atoms. The van der Waals surface area contributed by atoms with Gasteiger partial charge in [0.1, 0.15) is 23.9 Å². The van der Waals surface area contributed by atoms with E-state index < -0.39 is 5.91 Å². The summed E-state index contributed by atoms with van der Waals surface area (Å²) in [7, 11) is 4.52. The molecule has 0 radical (unpaired) electrons. The molecular weight excluding hydrogens is 310 g/mol. The van der Waals surface area contributed by atoms with E-state index in [0.29, 0.717) is 34.6 Å². The van der Waals surface area contributed by atoms with Gasteiger partial charge in [0.15, 0.2) is 5.76 Å². The highest BCUT2D eigenvalue weighted by Gasteiger charge is 2.16. The molecule has 0 saturated carbocycles. The van der Waals surface area contributed by atoms with Gasteiger partial charge in [0.2, 0.25) is 0 Å². The van der Waals surface area contributed by atoms with E-state index in [1.807, 2.05) is 0 Å². The Labute approximate surface area is 132 Å². The predicted octanol–water partition coefficient (Wildman–Crippen LogP) is 3.35. The first kappa shape index (κ1) is 16.2. The van der Waals surface area contributed by atoms with Crippen molar-refractivity contribution in [1.29, 1.82) is 0 Å². The summed E-state index contributed by atoms with van der Waals surface area (Å²) >= 11 is 6.02. The molecule has 7 heteroatoms. The number of hydrogen-bond acceptors (Lipinski definition) is 5. The van der Waals surface area contributed by atoms with Crippen molar-refractivity contribution in [2.45, 2.75) is 6.61 Å². The van der Waals surface area contributed by atoms with Crippen LogP contribution < -0.4 is 14.8 Å². The second-order valence-corrected chi connectivity index (χ2v) is 4.75. The van der Waals surface area contributed by atoms with E-state index in [2.05, 4.69) is 5.32 Å². The number of anilines is 1. The standard InChI is InChI=1S/C15H16ClNO5/c1-19-8-9-4-5-12(22-9)15(18)17-11-7-13(20-2)10(16)6-14(11)21-3/h4-7H,8H2,1-3H3,(H,17,18). The molecule has 2 aromatic rings. The van der Waals surface area contributed by atoms with Crippen LogP contribution in [0.25, 0.3) is 0 Å². The molecule has 1 N–H and O–H groups in total. The number of furan rings is 1. The van der Waals surface area contributed by atoms with Crippen LogP contribution in [0.4, 0.5) is 5.69 Å². The summed E-state index contributed by atoms with van der Waals surface area (Å²) in [5.41, 5.74) is 0.429. The van der Waals surface area contributed by atoms with E-state index in [4.69, 9.17) is 30.2 Å². The summed E-state index contributed by atoms with van der Waals surface area (Å²) in [5, 5.41) is 3.08. The smallest absolute Gasteiger partial charge is 0.291 e. The van der Waals surface area contributed by atoms with Crippen LogP contribution in [0.15, 0.2) is 28.7 Å². The predicted molar refractivity (Wildman–Crippen MR) is 81.9 cm³/mol. The molecule has 0 fully saturated rings. The van der Waals surface area contributed by atoms with Crippen molar-refractivity contribution < 1.29 is 23.4 Å². The molecule has 0 atom stereocenters. The van der Waals surface area contributed by atoms with E-state index in [0.717, 1.165) is 0 Å². The van der Waals surface area contributed by atoms with Gasteiger partial charge < -0.3 is 23.9 Å². The third-order valence-electron chi connectivity index (χ3n) is 2.89. The fourth-order valence-corrected chi connectivity index (χ4v) is 2.09. The number of carbonyl (C=O) groups is 1. The van der Waals surface area contributed by atoms with Crippen LogP contribution in [-0.4, -0.2) is 27.2 Å². The van der Waals surface area contributed by atoms with E-state index in [1.165, 1.54) is 14.2 Å². The zero-order valence-electron chi connectivity index (χ0n) is 12.4. The van der Waals surface area contributed by atoms with Gasteiger partial charge in [0.25, 0.3) is 5.91 Å². The molecule has 6 nitrogen and oxygen atoms in total. The molecule has 0 bridgehead atoms. The largest absolute Gasteiger partial charge is 0.495 e. The second-order valence-electron chi connectivity index (χ2n) is 4.34. The Bertz CT molecular complexity index is 668. The third-order valence-corrected chi connectivity index (χ3v) is 3.19. The molecule has 1 heterocycles. The number of ether oxygens (including phenoxy) is 3. The molecule has 0 unspecified atom stereocenters. The Morgan fingerprint density at radius 2 is 1.91 bits per heavy atom. The first-order valence-corrected chi connectivity index (χ1v) is 6.77. The van der Waals surface area contributed by atoms with Crippen molar-refractivity contribution in [1.82, 2.24) is 0 Å². The summed E-state index contributed by atoms with van der Waals surface area (Å²) < 4.78 is 20.6. The van der Waals surface area contributed by atoms with Crippen LogP contribution in [0.3, 0.4) is 0 Å². The number of methoxy groups -OCH3 is 3. The number of nitrogens with one attached hydrogen (secondary N) is 1. The van der Waals surface area contributed by atoms with Crippen molar-refractivity contribution >= 4 is 23.2 Å². The van der Waals surface area contributed by atoms with Gasteiger partial charge in [0.05, 0.1) is 24.9 Å². The number of carbonyl (C=O) groups excluding carboxylic acids is 1. The zero-order chi connectivity index (χ0) is 16.1. The molecule has 118 valence electrons. The maximum Gasteiger partial charge on any atom is 0.291 e. The fourth-order valence-electron chi connectivity index (χ4n) is 1.86. The van der Waals surface area contributed by atoms with Gasteiger partial charge in [-0.3, -0.25) is 4.79 Å². The molecule has 0 aliphatic heterocycles. The monoisotopic (exact) mass is 325 g/mol. The molecule has 0 aliphatic rings. The molecule has 0 aliphatic carbocycles. The highest BCUT2D eigenvalue weighted by Crippen LogP contribution is 2.36. The highest BCUT2D eigenvalue weighted by atomic mass is 35.5. The summed E-state index contributed by atoms with van der Waals surface area (Å²) in [6.07, 6.45) is 0. The Morgan fingerprint density at radius 1 is 1.18 bits per heavy atom. The van der Waals surface area contributed by atoms with Gasteiger partial charge in [-0.2, -0.15) is 0 Å². The van der Waals surface area contributed by atoms with Gasteiger partial charge in [-0.25, -0.2) is 0 Å². The number of rotatable bonds is 6. The lowest BCUT2D eigenvalue weighted by Gasteiger charge is -2.12. The third kappa shape index (κ3) is 3.52. The van der Waals surface area contributed by atoms with Crippen LogP contribution in [0, 0.1) is 0 Å². The minimum Gasteiger partial charge on any atom is -0.495 e. The Balaban J connectivity index is 2.23. The molecule has 1 amide bonds. The van der Waals surface area contributed by atoms with Gasteiger partial charge in [-0.1, -0.05) is 11.6 Å². The SMILES string of the molecule is COCc1ccc(C(=O)Nc2cc(OC)c(Cl)cc2OC)o1. The van der Waals surface area contributed by atoms with Crippen LogP contribution in [0.5, 0.6) is 11.5 Å². The quantitative estimate of drug-likeness (QED) is 0.882. The lowest BCUT2D eigenvalue weighted by Crippen LogP contribution is -2.12. The highest BCUT2D eigenvalue weighted by molar-refractivity contribution is 6.32. The van der Waals surface area contributed by atoms with Crippen LogP contribution in [-0.2, 0) is 11.3 Å². The Morgan fingerprint density at radius 3 is 2.55 bits per heavy atom.